The number of para-hydroxylation sites is 1. The lowest BCUT2D eigenvalue weighted by Gasteiger charge is -2.05. The highest BCUT2D eigenvalue weighted by Crippen LogP contribution is 2.17. The maximum Gasteiger partial charge on any atom is 0.230 e. The second-order valence-electron chi connectivity index (χ2n) is 3.38. The van der Waals surface area contributed by atoms with Crippen LogP contribution in [0.3, 0.4) is 0 Å². The van der Waals surface area contributed by atoms with Gasteiger partial charge < -0.3 is 11.1 Å². The van der Waals surface area contributed by atoms with Crippen LogP contribution in [0.25, 0.3) is 0 Å². The molecular formula is C11H10IN3OS. The highest BCUT2D eigenvalue weighted by atomic mass is 127. The Labute approximate surface area is 116 Å². The van der Waals surface area contributed by atoms with Crippen molar-refractivity contribution in [3.63, 3.8) is 0 Å². The molecule has 0 bridgehead atoms. The number of anilines is 2. The quantitative estimate of drug-likeness (QED) is 0.828. The van der Waals surface area contributed by atoms with Gasteiger partial charge in [-0.15, -0.1) is 11.3 Å². The molecular weight excluding hydrogens is 349 g/mol. The molecule has 1 amide bonds. The number of nitrogens with zero attached hydrogens (tertiary/aromatic N) is 1. The Bertz CT molecular complexity index is 541. The number of rotatable bonds is 3. The van der Waals surface area contributed by atoms with Gasteiger partial charge in [0.25, 0.3) is 0 Å². The van der Waals surface area contributed by atoms with E-state index in [1.807, 2.05) is 24.3 Å². The Morgan fingerprint density at radius 1 is 1.47 bits per heavy atom. The summed E-state index contributed by atoms with van der Waals surface area (Å²) >= 11 is 3.52. The first-order valence-electron chi connectivity index (χ1n) is 4.89. The van der Waals surface area contributed by atoms with Gasteiger partial charge >= 0.3 is 0 Å². The molecule has 4 nitrogen and oxygen atoms in total. The van der Waals surface area contributed by atoms with E-state index in [1.54, 1.807) is 5.38 Å². The van der Waals surface area contributed by atoms with Gasteiger partial charge in [0.05, 0.1) is 17.8 Å². The topological polar surface area (TPSA) is 68.0 Å². The third kappa shape index (κ3) is 3.40. The molecule has 17 heavy (non-hydrogen) atoms. The van der Waals surface area contributed by atoms with Crippen molar-refractivity contribution in [3.8, 4) is 0 Å². The van der Waals surface area contributed by atoms with Gasteiger partial charge in [-0.1, -0.05) is 12.1 Å². The number of halogens is 1. The van der Waals surface area contributed by atoms with Crippen molar-refractivity contribution in [1.82, 2.24) is 4.98 Å². The maximum atomic E-state index is 11.8. The number of benzene rings is 1. The largest absolute Gasteiger partial charge is 0.375 e. The summed E-state index contributed by atoms with van der Waals surface area (Å²) in [6.07, 6.45) is 0.249. The molecule has 2 rings (SSSR count). The number of carbonyl (C=O) groups is 1. The summed E-state index contributed by atoms with van der Waals surface area (Å²) in [5.74, 6) is -0.0839. The van der Waals surface area contributed by atoms with Crippen molar-refractivity contribution in [2.24, 2.45) is 0 Å². The van der Waals surface area contributed by atoms with Gasteiger partial charge in [0, 0.05) is 8.95 Å². The Hall–Kier alpha value is -1.15. The van der Waals surface area contributed by atoms with Gasteiger partial charge in [-0.2, -0.15) is 0 Å². The number of hydrogen-bond acceptors (Lipinski definition) is 4. The minimum atomic E-state index is -0.0839. The average molecular weight is 359 g/mol. The molecule has 0 saturated carbocycles. The first-order chi connectivity index (χ1) is 8.15. The summed E-state index contributed by atoms with van der Waals surface area (Å²) in [7, 11) is 0. The average Bonchev–Trinajstić information content (AvgIpc) is 2.67. The Kier molecular flexibility index (Phi) is 3.95. The molecule has 6 heteroatoms. The molecule has 0 spiro atoms. The standard InChI is InChI=1S/C11H10IN3OS/c12-8-3-1-2-4-9(8)15-10(16)5-7-6-17-11(13)14-7/h1-4,6H,5H2,(H2,13,14)(H,15,16). The third-order valence-electron chi connectivity index (χ3n) is 2.06. The fourth-order valence-electron chi connectivity index (χ4n) is 1.33. The van der Waals surface area contributed by atoms with Crippen LogP contribution in [0.2, 0.25) is 0 Å². The summed E-state index contributed by atoms with van der Waals surface area (Å²) in [6.45, 7) is 0. The zero-order chi connectivity index (χ0) is 12.3. The van der Waals surface area contributed by atoms with Crippen LogP contribution in [0.15, 0.2) is 29.6 Å². The molecule has 88 valence electrons. The normalized spacial score (nSPS) is 10.2. The smallest absolute Gasteiger partial charge is 0.230 e. The number of nitrogen functional groups attached to an aromatic ring is 1. The van der Waals surface area contributed by atoms with Crippen LogP contribution < -0.4 is 11.1 Å². The predicted molar refractivity (Wildman–Crippen MR) is 78.0 cm³/mol. The molecule has 0 atom stereocenters. The number of amides is 1. The number of hydrogen-bond donors (Lipinski definition) is 2. The zero-order valence-electron chi connectivity index (χ0n) is 8.81. The summed E-state index contributed by atoms with van der Waals surface area (Å²) < 4.78 is 1.01. The van der Waals surface area contributed by atoms with Crippen LogP contribution >= 0.6 is 33.9 Å². The van der Waals surface area contributed by atoms with Gasteiger partial charge in [-0.05, 0) is 34.7 Å². The lowest BCUT2D eigenvalue weighted by atomic mass is 10.3. The van der Waals surface area contributed by atoms with Crippen LogP contribution in [-0.4, -0.2) is 10.9 Å². The van der Waals surface area contributed by atoms with Crippen LogP contribution in [0.5, 0.6) is 0 Å². The molecule has 0 unspecified atom stereocenters. The number of carbonyl (C=O) groups excluding carboxylic acids is 1. The van der Waals surface area contributed by atoms with Gasteiger partial charge in [0.1, 0.15) is 0 Å². The van der Waals surface area contributed by atoms with E-state index in [2.05, 4.69) is 32.9 Å². The van der Waals surface area contributed by atoms with E-state index in [0.29, 0.717) is 10.8 Å². The lowest BCUT2D eigenvalue weighted by molar-refractivity contribution is -0.115. The Morgan fingerprint density at radius 3 is 2.88 bits per heavy atom. The molecule has 0 aliphatic rings. The van der Waals surface area contributed by atoms with E-state index in [4.69, 9.17) is 5.73 Å². The van der Waals surface area contributed by atoms with Crippen molar-refractivity contribution < 1.29 is 4.79 Å². The fourth-order valence-corrected chi connectivity index (χ4v) is 2.41. The van der Waals surface area contributed by atoms with Crippen molar-refractivity contribution in [3.05, 3.63) is 38.9 Å². The Morgan fingerprint density at radius 2 is 2.24 bits per heavy atom. The van der Waals surface area contributed by atoms with Gasteiger partial charge in [0.15, 0.2) is 5.13 Å². The molecule has 0 saturated heterocycles. The van der Waals surface area contributed by atoms with Crippen LogP contribution in [0, 0.1) is 3.57 Å². The van der Waals surface area contributed by atoms with Gasteiger partial charge in [0.2, 0.25) is 5.91 Å². The first kappa shape index (κ1) is 12.3. The van der Waals surface area contributed by atoms with E-state index in [0.717, 1.165) is 9.26 Å². The van der Waals surface area contributed by atoms with E-state index >= 15 is 0 Å². The summed E-state index contributed by atoms with van der Waals surface area (Å²) in [4.78, 5) is 15.8. The van der Waals surface area contributed by atoms with Crippen LogP contribution in [0.4, 0.5) is 10.8 Å². The summed E-state index contributed by atoms with van der Waals surface area (Å²) in [5, 5.41) is 5.13. The second kappa shape index (κ2) is 5.46. The lowest BCUT2D eigenvalue weighted by Crippen LogP contribution is -2.15. The van der Waals surface area contributed by atoms with Crippen molar-refractivity contribution >= 4 is 50.7 Å². The van der Waals surface area contributed by atoms with E-state index in [1.165, 1.54) is 11.3 Å². The summed E-state index contributed by atoms with van der Waals surface area (Å²) in [6, 6.07) is 7.63. The first-order valence-corrected chi connectivity index (χ1v) is 6.85. The van der Waals surface area contributed by atoms with Crippen molar-refractivity contribution in [2.75, 3.05) is 11.1 Å². The summed E-state index contributed by atoms with van der Waals surface area (Å²) in [5.41, 5.74) is 7.03. The highest BCUT2D eigenvalue weighted by Gasteiger charge is 2.08. The molecule has 0 aliphatic heterocycles. The van der Waals surface area contributed by atoms with Crippen LogP contribution in [0.1, 0.15) is 5.69 Å². The minimum absolute atomic E-state index is 0.0839. The van der Waals surface area contributed by atoms with Gasteiger partial charge in [-0.25, -0.2) is 4.98 Å². The van der Waals surface area contributed by atoms with Crippen LogP contribution in [-0.2, 0) is 11.2 Å². The van der Waals surface area contributed by atoms with Crippen molar-refractivity contribution in [2.45, 2.75) is 6.42 Å². The molecule has 1 aromatic heterocycles. The molecule has 3 N–H and O–H groups in total. The highest BCUT2D eigenvalue weighted by molar-refractivity contribution is 14.1. The maximum absolute atomic E-state index is 11.8. The van der Waals surface area contributed by atoms with E-state index < -0.39 is 0 Å². The SMILES string of the molecule is Nc1nc(CC(=O)Nc2ccccc2I)cs1. The number of thiazole rings is 1. The predicted octanol–water partition coefficient (Wildman–Crippen LogP) is 2.51. The van der Waals surface area contributed by atoms with Gasteiger partial charge in [-0.3, -0.25) is 4.79 Å². The number of nitrogens with two attached hydrogens (primary N) is 1. The monoisotopic (exact) mass is 359 g/mol. The molecule has 1 aromatic carbocycles. The molecule has 0 fully saturated rings. The second-order valence-corrected chi connectivity index (χ2v) is 5.43. The number of nitrogens with one attached hydrogen (secondary N) is 1. The Balaban J connectivity index is 2.01. The zero-order valence-corrected chi connectivity index (χ0v) is 11.8. The molecule has 0 radical (unpaired) electrons. The number of aromatic nitrogens is 1. The fraction of sp³-hybridized carbons (Fsp3) is 0.0909. The molecule has 2 aromatic rings. The van der Waals surface area contributed by atoms with E-state index in [9.17, 15) is 4.79 Å². The van der Waals surface area contributed by atoms with E-state index in [-0.39, 0.29) is 12.3 Å². The third-order valence-corrected chi connectivity index (χ3v) is 3.72. The molecule has 1 heterocycles. The minimum Gasteiger partial charge on any atom is -0.375 e. The molecule has 0 aliphatic carbocycles. The van der Waals surface area contributed by atoms with Crippen molar-refractivity contribution in [1.29, 1.82) is 0 Å².